The summed E-state index contributed by atoms with van der Waals surface area (Å²) in [5.74, 6) is -1.88. The van der Waals surface area contributed by atoms with Gasteiger partial charge in [-0.2, -0.15) is 0 Å². The van der Waals surface area contributed by atoms with E-state index >= 15 is 0 Å². The highest BCUT2D eigenvalue weighted by Gasteiger charge is 2.48. The van der Waals surface area contributed by atoms with Crippen molar-refractivity contribution in [2.24, 2.45) is 0 Å². The van der Waals surface area contributed by atoms with Gasteiger partial charge in [0, 0.05) is 5.56 Å². The number of ether oxygens (including phenoxy) is 2. The summed E-state index contributed by atoms with van der Waals surface area (Å²) in [5, 5.41) is 11.4. The van der Waals surface area contributed by atoms with Crippen LogP contribution in [0.4, 0.5) is 5.13 Å². The van der Waals surface area contributed by atoms with Crippen LogP contribution in [-0.2, 0) is 14.3 Å². The lowest BCUT2D eigenvalue weighted by Crippen LogP contribution is -2.29. The van der Waals surface area contributed by atoms with Gasteiger partial charge in [0.25, 0.3) is 5.78 Å². The Morgan fingerprint density at radius 2 is 1.78 bits per heavy atom. The molecular weight excluding hydrogens is 480 g/mol. The molecule has 1 fully saturated rings. The number of benzene rings is 2. The molecule has 1 atom stereocenters. The van der Waals surface area contributed by atoms with Crippen molar-refractivity contribution >= 4 is 39.9 Å². The summed E-state index contributed by atoms with van der Waals surface area (Å²) in [6, 6.07) is 14.7. The molecule has 1 unspecified atom stereocenters. The normalized spacial score (nSPS) is 16.9. The molecule has 1 aliphatic rings. The minimum Gasteiger partial charge on any atom is -0.507 e. The van der Waals surface area contributed by atoms with Gasteiger partial charge in [-0.1, -0.05) is 48.6 Å². The minimum absolute atomic E-state index is 0.0565. The molecule has 1 aliphatic heterocycles. The number of carbonyl (C=O) groups excluding carboxylic acids is 3. The molecule has 0 aliphatic carbocycles. The number of hydrogen-bond acceptors (Lipinski definition) is 8. The molecule has 0 radical (unpaired) electrons. The molecule has 186 valence electrons. The van der Waals surface area contributed by atoms with Crippen LogP contribution in [0, 0.1) is 6.92 Å². The zero-order chi connectivity index (χ0) is 25.8. The van der Waals surface area contributed by atoms with E-state index in [9.17, 15) is 19.5 Å². The van der Waals surface area contributed by atoms with Crippen molar-refractivity contribution in [3.63, 3.8) is 0 Å². The van der Waals surface area contributed by atoms with E-state index in [0.29, 0.717) is 29.2 Å². The Morgan fingerprint density at radius 3 is 2.42 bits per heavy atom. The molecule has 3 aromatic rings. The standard InChI is InChI=1S/C27H26N2O6S/c1-4-15-35-19-13-11-18(12-14-19)22(30)20-21(17-9-7-6-8-10-17)29(25(32)23(20)31)27-28-16(3)24(36-27)26(33)34-5-2/h6-14,21,30H,4-5,15H2,1-3H3/b22-20+. The number of ketones is 1. The minimum atomic E-state index is -0.928. The van der Waals surface area contributed by atoms with Crippen LogP contribution in [0.15, 0.2) is 60.2 Å². The van der Waals surface area contributed by atoms with Gasteiger partial charge in [0.2, 0.25) is 0 Å². The van der Waals surface area contributed by atoms with Gasteiger partial charge < -0.3 is 14.6 Å². The maximum Gasteiger partial charge on any atom is 0.350 e. The third-order valence-electron chi connectivity index (χ3n) is 5.61. The fraction of sp³-hybridized carbons (Fsp3) is 0.259. The van der Waals surface area contributed by atoms with Gasteiger partial charge >= 0.3 is 11.9 Å². The molecule has 2 heterocycles. The molecule has 1 amide bonds. The van der Waals surface area contributed by atoms with Crippen LogP contribution in [0.25, 0.3) is 5.76 Å². The molecule has 36 heavy (non-hydrogen) atoms. The maximum absolute atomic E-state index is 13.3. The molecule has 1 N–H and O–H groups in total. The molecular formula is C27H26N2O6S. The van der Waals surface area contributed by atoms with E-state index in [1.54, 1.807) is 62.4 Å². The number of anilines is 1. The lowest BCUT2D eigenvalue weighted by molar-refractivity contribution is -0.132. The van der Waals surface area contributed by atoms with E-state index in [-0.39, 0.29) is 27.9 Å². The Morgan fingerprint density at radius 1 is 1.08 bits per heavy atom. The quantitative estimate of drug-likeness (QED) is 0.197. The van der Waals surface area contributed by atoms with E-state index in [2.05, 4.69) is 4.98 Å². The summed E-state index contributed by atoms with van der Waals surface area (Å²) in [4.78, 5) is 44.8. The van der Waals surface area contributed by atoms with Crippen LogP contribution in [0.1, 0.15) is 52.8 Å². The number of thiazole rings is 1. The first-order valence-electron chi connectivity index (χ1n) is 11.6. The highest BCUT2D eigenvalue weighted by molar-refractivity contribution is 7.17. The molecule has 0 saturated carbocycles. The number of aliphatic hydroxyl groups excluding tert-OH is 1. The fourth-order valence-corrected chi connectivity index (χ4v) is 4.92. The van der Waals surface area contributed by atoms with Crippen LogP contribution in [0.3, 0.4) is 0 Å². The number of nitrogens with zero attached hydrogens (tertiary/aromatic N) is 2. The zero-order valence-corrected chi connectivity index (χ0v) is 21.0. The van der Waals surface area contributed by atoms with Gasteiger partial charge in [-0.15, -0.1) is 0 Å². The summed E-state index contributed by atoms with van der Waals surface area (Å²) >= 11 is 0.975. The van der Waals surface area contributed by atoms with Crippen molar-refractivity contribution in [2.75, 3.05) is 18.1 Å². The topological polar surface area (TPSA) is 106 Å². The van der Waals surface area contributed by atoms with Crippen molar-refractivity contribution in [2.45, 2.75) is 33.2 Å². The van der Waals surface area contributed by atoms with E-state index in [1.807, 2.05) is 13.0 Å². The van der Waals surface area contributed by atoms with Crippen molar-refractivity contribution in [3.8, 4) is 5.75 Å². The van der Waals surface area contributed by atoms with Crippen LogP contribution in [-0.4, -0.2) is 41.0 Å². The van der Waals surface area contributed by atoms with E-state index in [1.165, 1.54) is 4.90 Å². The monoisotopic (exact) mass is 506 g/mol. The summed E-state index contributed by atoms with van der Waals surface area (Å²) in [6.07, 6.45) is 0.858. The third kappa shape index (κ3) is 4.74. The lowest BCUT2D eigenvalue weighted by Gasteiger charge is -2.23. The first-order valence-corrected chi connectivity index (χ1v) is 12.4. The Bertz CT molecular complexity index is 1310. The first-order chi connectivity index (χ1) is 17.4. The highest BCUT2D eigenvalue weighted by Crippen LogP contribution is 2.44. The number of Topliss-reactive ketones (excluding diaryl/α,β-unsaturated/α-hetero) is 1. The second-order valence-electron chi connectivity index (χ2n) is 8.08. The fourth-order valence-electron chi connectivity index (χ4n) is 3.94. The van der Waals surface area contributed by atoms with Crippen molar-refractivity contribution in [1.82, 2.24) is 4.98 Å². The van der Waals surface area contributed by atoms with Crippen molar-refractivity contribution < 1.29 is 29.0 Å². The molecule has 2 aromatic carbocycles. The summed E-state index contributed by atoms with van der Waals surface area (Å²) < 4.78 is 10.7. The lowest BCUT2D eigenvalue weighted by atomic mass is 9.95. The summed E-state index contributed by atoms with van der Waals surface area (Å²) in [7, 11) is 0. The zero-order valence-electron chi connectivity index (χ0n) is 20.2. The summed E-state index contributed by atoms with van der Waals surface area (Å²) in [6.45, 7) is 6.10. The van der Waals surface area contributed by atoms with E-state index < -0.39 is 23.7 Å². The Kier molecular flexibility index (Phi) is 7.49. The average molecular weight is 507 g/mol. The van der Waals surface area contributed by atoms with Gasteiger partial charge in [0.15, 0.2) is 5.13 Å². The molecule has 1 aromatic heterocycles. The predicted molar refractivity (Wildman–Crippen MR) is 136 cm³/mol. The van der Waals surface area contributed by atoms with Crippen LogP contribution in [0.2, 0.25) is 0 Å². The highest BCUT2D eigenvalue weighted by atomic mass is 32.1. The number of aliphatic hydroxyl groups is 1. The second-order valence-corrected chi connectivity index (χ2v) is 9.06. The Balaban J connectivity index is 1.82. The SMILES string of the molecule is CCCOc1ccc(/C(O)=C2\C(=O)C(=O)N(c3nc(C)c(C(=O)OCC)s3)C2c2ccccc2)cc1. The Labute approximate surface area is 212 Å². The molecule has 4 rings (SSSR count). The first kappa shape index (κ1) is 25.1. The van der Waals surface area contributed by atoms with Gasteiger partial charge in [0.1, 0.15) is 16.4 Å². The number of hydrogen-bond donors (Lipinski definition) is 1. The molecule has 1 saturated heterocycles. The van der Waals surface area contributed by atoms with Gasteiger partial charge in [-0.25, -0.2) is 9.78 Å². The van der Waals surface area contributed by atoms with Gasteiger partial charge in [-0.05, 0) is 50.1 Å². The van der Waals surface area contributed by atoms with Gasteiger partial charge in [-0.3, -0.25) is 14.5 Å². The number of aromatic nitrogens is 1. The van der Waals surface area contributed by atoms with Crippen LogP contribution >= 0.6 is 11.3 Å². The van der Waals surface area contributed by atoms with E-state index in [0.717, 1.165) is 17.8 Å². The number of amides is 1. The number of esters is 1. The largest absolute Gasteiger partial charge is 0.507 e. The number of aryl methyl sites for hydroxylation is 1. The maximum atomic E-state index is 13.3. The number of rotatable bonds is 8. The molecule has 0 spiro atoms. The van der Waals surface area contributed by atoms with Crippen molar-refractivity contribution in [3.05, 3.63) is 81.9 Å². The second kappa shape index (κ2) is 10.7. The molecule has 9 heteroatoms. The van der Waals surface area contributed by atoms with Crippen LogP contribution in [0.5, 0.6) is 5.75 Å². The predicted octanol–water partition coefficient (Wildman–Crippen LogP) is 5.04. The Hall–Kier alpha value is -3.98. The third-order valence-corrected chi connectivity index (χ3v) is 6.75. The number of carbonyl (C=O) groups is 3. The van der Waals surface area contributed by atoms with Crippen LogP contribution < -0.4 is 9.64 Å². The van der Waals surface area contributed by atoms with Crippen molar-refractivity contribution in [1.29, 1.82) is 0 Å². The average Bonchev–Trinajstić information content (AvgIpc) is 3.40. The van der Waals surface area contributed by atoms with E-state index in [4.69, 9.17) is 9.47 Å². The smallest absolute Gasteiger partial charge is 0.350 e. The molecule has 8 nitrogen and oxygen atoms in total. The van der Waals surface area contributed by atoms with Gasteiger partial charge in [0.05, 0.1) is 30.5 Å². The summed E-state index contributed by atoms with van der Waals surface area (Å²) in [5.41, 5.74) is 1.33. The molecule has 0 bridgehead atoms.